The van der Waals surface area contributed by atoms with Gasteiger partial charge in [-0.05, 0) is 43.2 Å². The van der Waals surface area contributed by atoms with Gasteiger partial charge in [0.25, 0.3) is 5.91 Å². The number of aryl methyl sites for hydroxylation is 1. The van der Waals surface area contributed by atoms with Gasteiger partial charge in [-0.2, -0.15) is 0 Å². The number of aromatic nitrogens is 1. The van der Waals surface area contributed by atoms with E-state index in [2.05, 4.69) is 31.5 Å². The van der Waals surface area contributed by atoms with E-state index in [0.29, 0.717) is 12.2 Å². The van der Waals surface area contributed by atoms with Crippen molar-refractivity contribution in [2.24, 2.45) is 0 Å². The topological polar surface area (TPSA) is 54.0 Å². The summed E-state index contributed by atoms with van der Waals surface area (Å²) in [7, 11) is 0. The predicted octanol–water partition coefficient (Wildman–Crippen LogP) is 4.04. The summed E-state index contributed by atoms with van der Waals surface area (Å²) in [6.45, 7) is 4.71. The Morgan fingerprint density at radius 2 is 2.00 bits per heavy atom. The highest BCUT2D eigenvalue weighted by molar-refractivity contribution is 9.10. The molecule has 0 atom stereocenters. The number of carbonyl (C=O) groups is 1. The molecule has 2 aromatic rings. The van der Waals surface area contributed by atoms with E-state index in [-0.39, 0.29) is 5.91 Å². The van der Waals surface area contributed by atoms with Crippen LogP contribution in [0.1, 0.15) is 29.4 Å². The normalized spacial score (nSPS) is 10.2. The Morgan fingerprint density at radius 1 is 1.24 bits per heavy atom. The number of benzene rings is 1. The Morgan fingerprint density at radius 3 is 2.71 bits per heavy atom. The van der Waals surface area contributed by atoms with Crippen molar-refractivity contribution in [3.8, 4) is 0 Å². The average molecular weight is 348 g/mol. The quantitative estimate of drug-likeness (QED) is 0.858. The largest absolute Gasteiger partial charge is 0.355 e. The summed E-state index contributed by atoms with van der Waals surface area (Å²) < 4.78 is 1.04. The van der Waals surface area contributed by atoms with E-state index in [4.69, 9.17) is 0 Å². The molecule has 0 fully saturated rings. The molecule has 0 unspecified atom stereocenters. The van der Waals surface area contributed by atoms with E-state index in [1.54, 1.807) is 12.3 Å². The second-order valence-electron chi connectivity index (χ2n) is 4.77. The third-order valence-electron chi connectivity index (χ3n) is 2.99. The number of anilines is 2. The monoisotopic (exact) mass is 347 g/mol. The number of hydrogen-bond acceptors (Lipinski definition) is 3. The molecule has 2 rings (SSSR count). The van der Waals surface area contributed by atoms with Gasteiger partial charge in [0.05, 0.1) is 0 Å². The predicted molar refractivity (Wildman–Crippen MR) is 89.0 cm³/mol. The van der Waals surface area contributed by atoms with Gasteiger partial charge in [0.1, 0.15) is 5.69 Å². The van der Waals surface area contributed by atoms with Crippen LogP contribution < -0.4 is 10.6 Å². The molecule has 2 N–H and O–H groups in total. The van der Waals surface area contributed by atoms with Crippen molar-refractivity contribution in [2.75, 3.05) is 11.9 Å². The lowest BCUT2D eigenvalue weighted by Crippen LogP contribution is -2.24. The van der Waals surface area contributed by atoms with Gasteiger partial charge in [-0.25, -0.2) is 0 Å². The van der Waals surface area contributed by atoms with Crippen molar-refractivity contribution in [1.82, 2.24) is 10.3 Å². The maximum absolute atomic E-state index is 11.9. The fraction of sp³-hybridized carbons (Fsp3) is 0.250. The van der Waals surface area contributed by atoms with Crippen molar-refractivity contribution in [3.05, 3.63) is 52.3 Å². The first-order chi connectivity index (χ1) is 10.1. The summed E-state index contributed by atoms with van der Waals surface area (Å²) in [6, 6.07) is 9.62. The lowest BCUT2D eigenvalue weighted by molar-refractivity contribution is 0.0949. The third-order valence-corrected chi connectivity index (χ3v) is 3.84. The molecule has 0 spiro atoms. The van der Waals surface area contributed by atoms with E-state index < -0.39 is 0 Å². The molecule has 0 saturated carbocycles. The Kier molecular flexibility index (Phi) is 5.33. The molecule has 1 aromatic carbocycles. The summed E-state index contributed by atoms with van der Waals surface area (Å²) in [4.78, 5) is 16.0. The summed E-state index contributed by atoms with van der Waals surface area (Å²) in [5, 5.41) is 6.09. The molecule has 4 nitrogen and oxygen atoms in total. The van der Waals surface area contributed by atoms with Crippen LogP contribution in [0.5, 0.6) is 0 Å². The van der Waals surface area contributed by atoms with Crippen molar-refractivity contribution >= 4 is 33.2 Å². The maximum atomic E-state index is 11.9. The average Bonchev–Trinajstić information content (AvgIpc) is 2.49. The van der Waals surface area contributed by atoms with E-state index in [1.807, 2.05) is 38.1 Å². The number of pyridine rings is 1. The second kappa shape index (κ2) is 7.22. The van der Waals surface area contributed by atoms with Gasteiger partial charge < -0.3 is 10.6 Å². The SMILES string of the molecule is CCCNC(=O)c1cc(Nc2ccc(C)c(Br)c2)ccn1. The highest BCUT2D eigenvalue weighted by Gasteiger charge is 2.07. The molecule has 0 aliphatic heterocycles. The van der Waals surface area contributed by atoms with E-state index in [1.165, 1.54) is 5.56 Å². The molecule has 21 heavy (non-hydrogen) atoms. The second-order valence-corrected chi connectivity index (χ2v) is 5.63. The van der Waals surface area contributed by atoms with Gasteiger partial charge in [0.15, 0.2) is 0 Å². The Labute approximate surface area is 133 Å². The van der Waals surface area contributed by atoms with Crippen molar-refractivity contribution in [2.45, 2.75) is 20.3 Å². The summed E-state index contributed by atoms with van der Waals surface area (Å²) in [5.41, 5.74) is 3.38. The summed E-state index contributed by atoms with van der Waals surface area (Å²) in [6.07, 6.45) is 2.54. The zero-order valence-electron chi connectivity index (χ0n) is 12.1. The molecule has 1 heterocycles. The van der Waals surface area contributed by atoms with Gasteiger partial charge in [0, 0.05) is 28.6 Å². The van der Waals surface area contributed by atoms with Crippen LogP contribution in [-0.2, 0) is 0 Å². The van der Waals surface area contributed by atoms with Crippen LogP contribution in [-0.4, -0.2) is 17.4 Å². The molecule has 0 aliphatic carbocycles. The number of rotatable bonds is 5. The van der Waals surface area contributed by atoms with Crippen LogP contribution in [0.4, 0.5) is 11.4 Å². The lowest BCUT2D eigenvalue weighted by Gasteiger charge is -2.09. The lowest BCUT2D eigenvalue weighted by atomic mass is 10.2. The number of halogens is 1. The van der Waals surface area contributed by atoms with Crippen LogP contribution in [0.15, 0.2) is 41.0 Å². The molecule has 0 bridgehead atoms. The Bertz CT molecular complexity index is 643. The standard InChI is InChI=1S/C16H18BrN3O/c1-3-7-19-16(21)15-10-13(6-8-18-15)20-12-5-4-11(2)14(17)9-12/h4-6,8-10H,3,7H2,1-2H3,(H,18,20)(H,19,21). The smallest absolute Gasteiger partial charge is 0.269 e. The molecule has 0 aliphatic rings. The van der Waals surface area contributed by atoms with Gasteiger partial charge in [-0.1, -0.05) is 28.9 Å². The van der Waals surface area contributed by atoms with Crippen molar-refractivity contribution < 1.29 is 4.79 Å². The molecular formula is C16H18BrN3O. The minimum atomic E-state index is -0.148. The highest BCUT2D eigenvalue weighted by Crippen LogP contribution is 2.23. The minimum Gasteiger partial charge on any atom is -0.355 e. The molecular weight excluding hydrogens is 330 g/mol. The number of nitrogens with one attached hydrogen (secondary N) is 2. The van der Waals surface area contributed by atoms with E-state index in [0.717, 1.165) is 22.3 Å². The molecule has 1 amide bonds. The van der Waals surface area contributed by atoms with Gasteiger partial charge in [-0.3, -0.25) is 9.78 Å². The fourth-order valence-corrected chi connectivity index (χ4v) is 2.18. The van der Waals surface area contributed by atoms with Gasteiger partial charge >= 0.3 is 0 Å². The zero-order chi connectivity index (χ0) is 15.2. The van der Waals surface area contributed by atoms with Crippen molar-refractivity contribution in [3.63, 3.8) is 0 Å². The molecule has 0 saturated heterocycles. The van der Waals surface area contributed by atoms with E-state index in [9.17, 15) is 4.79 Å². The van der Waals surface area contributed by atoms with Crippen LogP contribution in [0.3, 0.4) is 0 Å². The first-order valence-electron chi connectivity index (χ1n) is 6.87. The van der Waals surface area contributed by atoms with Crippen LogP contribution in [0, 0.1) is 6.92 Å². The Hall–Kier alpha value is -1.88. The van der Waals surface area contributed by atoms with Crippen molar-refractivity contribution in [1.29, 1.82) is 0 Å². The first kappa shape index (κ1) is 15.5. The van der Waals surface area contributed by atoms with Gasteiger partial charge in [0.2, 0.25) is 0 Å². The fourth-order valence-electron chi connectivity index (χ4n) is 1.80. The van der Waals surface area contributed by atoms with Gasteiger partial charge in [-0.15, -0.1) is 0 Å². The zero-order valence-corrected chi connectivity index (χ0v) is 13.7. The van der Waals surface area contributed by atoms with Crippen LogP contribution >= 0.6 is 15.9 Å². The number of hydrogen-bond donors (Lipinski definition) is 2. The maximum Gasteiger partial charge on any atom is 0.269 e. The first-order valence-corrected chi connectivity index (χ1v) is 7.67. The number of carbonyl (C=O) groups excluding carboxylic acids is 1. The highest BCUT2D eigenvalue weighted by atomic mass is 79.9. The third kappa shape index (κ3) is 4.29. The van der Waals surface area contributed by atoms with Crippen LogP contribution in [0.2, 0.25) is 0 Å². The Balaban J connectivity index is 2.13. The minimum absolute atomic E-state index is 0.148. The molecule has 1 aromatic heterocycles. The van der Waals surface area contributed by atoms with Crippen LogP contribution in [0.25, 0.3) is 0 Å². The molecule has 5 heteroatoms. The summed E-state index contributed by atoms with van der Waals surface area (Å²) in [5.74, 6) is -0.148. The molecule has 110 valence electrons. The van der Waals surface area contributed by atoms with E-state index >= 15 is 0 Å². The molecule has 0 radical (unpaired) electrons. The summed E-state index contributed by atoms with van der Waals surface area (Å²) >= 11 is 3.51. The number of amides is 1. The number of nitrogens with zero attached hydrogens (tertiary/aromatic N) is 1.